The number of carbonyl (C=O) groups is 1. The van der Waals surface area contributed by atoms with E-state index in [9.17, 15) is 4.79 Å². The predicted molar refractivity (Wildman–Crippen MR) is 80.7 cm³/mol. The molecule has 20 heavy (non-hydrogen) atoms. The Morgan fingerprint density at radius 2 is 1.75 bits per heavy atom. The molecule has 0 saturated carbocycles. The first-order chi connectivity index (χ1) is 9.84. The quantitative estimate of drug-likeness (QED) is 0.852. The van der Waals surface area contributed by atoms with Gasteiger partial charge in [0.15, 0.2) is 0 Å². The van der Waals surface area contributed by atoms with Crippen molar-refractivity contribution in [3.63, 3.8) is 0 Å². The summed E-state index contributed by atoms with van der Waals surface area (Å²) in [6.07, 6.45) is 10.1. The minimum Gasteiger partial charge on any atom is -0.342 e. The molecule has 0 aromatic rings. The van der Waals surface area contributed by atoms with Crippen LogP contribution in [0.3, 0.4) is 0 Å². The standard InChI is InChI=1S/C16H29N3O/c20-16(18-10-3-1-2-4-11-18)13-19-12-6-8-15(19)14-7-5-9-17-14/h14-15,17H,1-13H2. The topological polar surface area (TPSA) is 35.6 Å². The van der Waals surface area contributed by atoms with Crippen LogP contribution in [0.15, 0.2) is 0 Å². The van der Waals surface area contributed by atoms with E-state index in [0.717, 1.165) is 26.2 Å². The summed E-state index contributed by atoms with van der Waals surface area (Å²) in [7, 11) is 0. The molecule has 2 unspecified atom stereocenters. The van der Waals surface area contributed by atoms with Crippen LogP contribution >= 0.6 is 0 Å². The zero-order valence-corrected chi connectivity index (χ0v) is 12.6. The molecule has 2 atom stereocenters. The molecule has 3 aliphatic heterocycles. The second-order valence-electron chi connectivity index (χ2n) is 6.68. The zero-order valence-electron chi connectivity index (χ0n) is 12.6. The van der Waals surface area contributed by atoms with Crippen molar-refractivity contribution in [3.05, 3.63) is 0 Å². The molecule has 0 bridgehead atoms. The van der Waals surface area contributed by atoms with Crippen molar-refractivity contribution < 1.29 is 4.79 Å². The second-order valence-corrected chi connectivity index (χ2v) is 6.68. The van der Waals surface area contributed by atoms with E-state index in [1.807, 2.05) is 0 Å². The lowest BCUT2D eigenvalue weighted by molar-refractivity contribution is -0.132. The summed E-state index contributed by atoms with van der Waals surface area (Å²) < 4.78 is 0. The SMILES string of the molecule is O=C(CN1CCCC1C1CCCN1)N1CCCCCC1. The van der Waals surface area contributed by atoms with Crippen molar-refractivity contribution in [1.82, 2.24) is 15.1 Å². The molecule has 3 rings (SSSR count). The second kappa shape index (κ2) is 6.90. The van der Waals surface area contributed by atoms with Gasteiger partial charge in [0.1, 0.15) is 0 Å². The number of carbonyl (C=O) groups excluding carboxylic acids is 1. The van der Waals surface area contributed by atoms with Crippen molar-refractivity contribution in [3.8, 4) is 0 Å². The van der Waals surface area contributed by atoms with Crippen LogP contribution in [0.1, 0.15) is 51.4 Å². The lowest BCUT2D eigenvalue weighted by Gasteiger charge is -2.31. The fraction of sp³-hybridized carbons (Fsp3) is 0.938. The van der Waals surface area contributed by atoms with Gasteiger partial charge in [0.05, 0.1) is 6.54 Å². The highest BCUT2D eigenvalue weighted by molar-refractivity contribution is 5.78. The Morgan fingerprint density at radius 1 is 0.950 bits per heavy atom. The third kappa shape index (κ3) is 3.34. The molecule has 0 radical (unpaired) electrons. The van der Waals surface area contributed by atoms with Gasteiger partial charge in [-0.1, -0.05) is 12.8 Å². The van der Waals surface area contributed by atoms with Gasteiger partial charge in [-0.15, -0.1) is 0 Å². The number of likely N-dealkylation sites (tertiary alicyclic amines) is 2. The minimum absolute atomic E-state index is 0.372. The number of amides is 1. The summed E-state index contributed by atoms with van der Waals surface area (Å²) in [6, 6.07) is 1.24. The van der Waals surface area contributed by atoms with Gasteiger partial charge in [-0.05, 0) is 51.6 Å². The van der Waals surface area contributed by atoms with Crippen LogP contribution in [-0.4, -0.2) is 60.5 Å². The van der Waals surface area contributed by atoms with Crippen LogP contribution in [0, 0.1) is 0 Å². The van der Waals surface area contributed by atoms with E-state index in [-0.39, 0.29) is 0 Å². The Morgan fingerprint density at radius 3 is 2.45 bits per heavy atom. The molecule has 114 valence electrons. The maximum atomic E-state index is 12.5. The maximum Gasteiger partial charge on any atom is 0.236 e. The summed E-state index contributed by atoms with van der Waals surface area (Å²) in [5.41, 5.74) is 0. The average molecular weight is 279 g/mol. The number of hydrogen-bond acceptors (Lipinski definition) is 3. The molecule has 0 aromatic heterocycles. The van der Waals surface area contributed by atoms with E-state index < -0.39 is 0 Å². The van der Waals surface area contributed by atoms with Crippen LogP contribution in [0.5, 0.6) is 0 Å². The summed E-state index contributed by atoms with van der Waals surface area (Å²) in [6.45, 7) is 4.90. The highest BCUT2D eigenvalue weighted by atomic mass is 16.2. The first-order valence-electron chi connectivity index (χ1n) is 8.60. The molecule has 3 aliphatic rings. The van der Waals surface area contributed by atoms with Crippen LogP contribution in [-0.2, 0) is 4.79 Å². The number of rotatable bonds is 3. The minimum atomic E-state index is 0.372. The van der Waals surface area contributed by atoms with Gasteiger partial charge < -0.3 is 10.2 Å². The largest absolute Gasteiger partial charge is 0.342 e. The molecular weight excluding hydrogens is 250 g/mol. The smallest absolute Gasteiger partial charge is 0.236 e. The average Bonchev–Trinajstić information content (AvgIpc) is 3.04. The Hall–Kier alpha value is -0.610. The van der Waals surface area contributed by atoms with E-state index in [0.29, 0.717) is 24.5 Å². The third-order valence-electron chi connectivity index (χ3n) is 5.27. The Labute approximate surface area is 122 Å². The Kier molecular flexibility index (Phi) is 4.94. The number of hydrogen-bond donors (Lipinski definition) is 1. The molecule has 0 aliphatic carbocycles. The monoisotopic (exact) mass is 279 g/mol. The highest BCUT2D eigenvalue weighted by Crippen LogP contribution is 2.24. The maximum absolute atomic E-state index is 12.5. The van der Waals surface area contributed by atoms with Crippen LogP contribution in [0.2, 0.25) is 0 Å². The van der Waals surface area contributed by atoms with Gasteiger partial charge >= 0.3 is 0 Å². The predicted octanol–water partition coefficient (Wildman–Crippen LogP) is 1.61. The van der Waals surface area contributed by atoms with Crippen molar-refractivity contribution in [1.29, 1.82) is 0 Å². The summed E-state index contributed by atoms with van der Waals surface area (Å²) >= 11 is 0. The third-order valence-corrected chi connectivity index (χ3v) is 5.27. The van der Waals surface area contributed by atoms with Crippen LogP contribution in [0.25, 0.3) is 0 Å². The normalized spacial score (nSPS) is 32.5. The lowest BCUT2D eigenvalue weighted by atomic mass is 10.0. The van der Waals surface area contributed by atoms with Crippen LogP contribution < -0.4 is 5.32 Å². The van der Waals surface area contributed by atoms with E-state index in [4.69, 9.17) is 0 Å². The molecule has 4 nitrogen and oxygen atoms in total. The van der Waals surface area contributed by atoms with E-state index >= 15 is 0 Å². The lowest BCUT2D eigenvalue weighted by Crippen LogP contribution is -2.48. The van der Waals surface area contributed by atoms with Crippen molar-refractivity contribution in [2.24, 2.45) is 0 Å². The molecule has 1 N–H and O–H groups in total. The van der Waals surface area contributed by atoms with E-state index in [2.05, 4.69) is 15.1 Å². The first-order valence-corrected chi connectivity index (χ1v) is 8.60. The van der Waals surface area contributed by atoms with Gasteiger partial charge in [0.2, 0.25) is 5.91 Å². The fourth-order valence-electron chi connectivity index (χ4n) is 4.14. The molecule has 3 heterocycles. The molecule has 4 heteroatoms. The number of nitrogens with zero attached hydrogens (tertiary/aromatic N) is 2. The van der Waals surface area contributed by atoms with Gasteiger partial charge in [0, 0.05) is 25.2 Å². The molecule has 1 amide bonds. The molecule has 3 saturated heterocycles. The van der Waals surface area contributed by atoms with E-state index in [1.165, 1.54) is 51.4 Å². The molecule has 3 fully saturated rings. The van der Waals surface area contributed by atoms with Gasteiger partial charge in [-0.3, -0.25) is 9.69 Å². The molecular formula is C16H29N3O. The number of nitrogens with one attached hydrogen (secondary N) is 1. The van der Waals surface area contributed by atoms with Crippen molar-refractivity contribution >= 4 is 5.91 Å². The molecule has 0 aromatic carbocycles. The van der Waals surface area contributed by atoms with Crippen molar-refractivity contribution in [2.75, 3.05) is 32.7 Å². The van der Waals surface area contributed by atoms with Crippen LogP contribution in [0.4, 0.5) is 0 Å². The Bertz CT molecular complexity index is 320. The van der Waals surface area contributed by atoms with Gasteiger partial charge in [0.25, 0.3) is 0 Å². The summed E-state index contributed by atoms with van der Waals surface area (Å²) in [4.78, 5) is 17.1. The zero-order chi connectivity index (χ0) is 13.8. The molecule has 0 spiro atoms. The van der Waals surface area contributed by atoms with E-state index in [1.54, 1.807) is 0 Å². The van der Waals surface area contributed by atoms with Crippen molar-refractivity contribution in [2.45, 2.75) is 63.5 Å². The fourth-order valence-corrected chi connectivity index (χ4v) is 4.14. The van der Waals surface area contributed by atoms with Gasteiger partial charge in [-0.2, -0.15) is 0 Å². The Balaban J connectivity index is 1.53. The first kappa shape index (κ1) is 14.3. The highest BCUT2D eigenvalue weighted by Gasteiger charge is 2.34. The van der Waals surface area contributed by atoms with Gasteiger partial charge in [-0.25, -0.2) is 0 Å². The summed E-state index contributed by atoms with van der Waals surface area (Å²) in [5.74, 6) is 0.372. The summed E-state index contributed by atoms with van der Waals surface area (Å²) in [5, 5.41) is 3.62.